The highest BCUT2D eigenvalue weighted by atomic mass is 16.5. The minimum atomic E-state index is 0.0803. The summed E-state index contributed by atoms with van der Waals surface area (Å²) in [7, 11) is 0. The van der Waals surface area contributed by atoms with Crippen molar-refractivity contribution in [2.75, 3.05) is 19.8 Å². The number of hydrogen-bond acceptors (Lipinski definition) is 4. The summed E-state index contributed by atoms with van der Waals surface area (Å²) in [5.41, 5.74) is 3.70. The fraction of sp³-hybridized carbons (Fsp3) is 0.417. The van der Waals surface area contributed by atoms with Gasteiger partial charge in [0.2, 0.25) is 0 Å². The molecule has 0 aliphatic heterocycles. The number of ether oxygens (including phenoxy) is 1. The van der Waals surface area contributed by atoms with E-state index in [0.717, 1.165) is 24.3 Å². The van der Waals surface area contributed by atoms with Crippen LogP contribution in [0.1, 0.15) is 18.9 Å². The first-order valence-corrected chi connectivity index (χ1v) is 5.46. The minimum absolute atomic E-state index is 0.0803. The van der Waals surface area contributed by atoms with Gasteiger partial charge in [-0.05, 0) is 24.1 Å². The van der Waals surface area contributed by atoms with Crippen molar-refractivity contribution in [3.63, 3.8) is 0 Å². The Morgan fingerprint density at radius 2 is 2.38 bits per heavy atom. The molecule has 0 bridgehead atoms. The molecule has 1 aromatic rings. The van der Waals surface area contributed by atoms with Crippen LogP contribution in [0.15, 0.2) is 29.4 Å². The Hall–Kier alpha value is -1.55. The van der Waals surface area contributed by atoms with E-state index in [1.54, 1.807) is 6.21 Å². The van der Waals surface area contributed by atoms with Crippen molar-refractivity contribution in [3.8, 4) is 5.75 Å². The van der Waals surface area contributed by atoms with E-state index in [-0.39, 0.29) is 6.61 Å². The van der Waals surface area contributed by atoms with E-state index in [9.17, 15) is 0 Å². The lowest BCUT2D eigenvalue weighted by Gasteiger charge is -2.04. The molecule has 0 aliphatic carbocycles. The van der Waals surface area contributed by atoms with Gasteiger partial charge in [-0.3, -0.25) is 0 Å². The molecule has 4 heteroatoms. The zero-order valence-corrected chi connectivity index (χ0v) is 9.52. The standard InChI is InChI=1S/C12H18N2O2/c1-2-8-16-12-5-3-4-11(9-12)10-14-13-6-7-15/h3-5,9-10,13,15H,2,6-8H2,1H3. The summed E-state index contributed by atoms with van der Waals surface area (Å²) >= 11 is 0. The van der Waals surface area contributed by atoms with Gasteiger partial charge >= 0.3 is 0 Å². The molecule has 0 saturated carbocycles. The number of benzene rings is 1. The second-order valence-electron chi connectivity index (χ2n) is 3.31. The number of aliphatic hydroxyl groups excluding tert-OH is 1. The van der Waals surface area contributed by atoms with Gasteiger partial charge in [0.1, 0.15) is 5.75 Å². The maximum Gasteiger partial charge on any atom is 0.119 e. The van der Waals surface area contributed by atoms with Crippen LogP contribution in [-0.4, -0.2) is 31.1 Å². The van der Waals surface area contributed by atoms with E-state index in [1.165, 1.54) is 0 Å². The molecule has 2 N–H and O–H groups in total. The Balaban J connectivity index is 2.49. The number of nitrogens with one attached hydrogen (secondary N) is 1. The van der Waals surface area contributed by atoms with E-state index in [2.05, 4.69) is 17.5 Å². The highest BCUT2D eigenvalue weighted by molar-refractivity contribution is 5.79. The molecule has 0 spiro atoms. The molecule has 0 unspecified atom stereocenters. The second-order valence-corrected chi connectivity index (χ2v) is 3.31. The molecule has 88 valence electrons. The van der Waals surface area contributed by atoms with Crippen LogP contribution >= 0.6 is 0 Å². The van der Waals surface area contributed by atoms with Crippen LogP contribution in [0.5, 0.6) is 5.75 Å². The molecular weight excluding hydrogens is 204 g/mol. The summed E-state index contributed by atoms with van der Waals surface area (Å²) < 4.78 is 5.50. The van der Waals surface area contributed by atoms with Gasteiger partial charge in [0.15, 0.2) is 0 Å². The Morgan fingerprint density at radius 1 is 1.50 bits per heavy atom. The number of hydrazone groups is 1. The van der Waals surface area contributed by atoms with E-state index in [4.69, 9.17) is 9.84 Å². The summed E-state index contributed by atoms with van der Waals surface area (Å²) in [4.78, 5) is 0. The van der Waals surface area contributed by atoms with Crippen molar-refractivity contribution in [3.05, 3.63) is 29.8 Å². The van der Waals surface area contributed by atoms with Gasteiger partial charge in [-0.15, -0.1) is 0 Å². The molecule has 0 atom stereocenters. The zero-order chi connectivity index (χ0) is 11.6. The van der Waals surface area contributed by atoms with Gasteiger partial charge in [0.25, 0.3) is 0 Å². The average Bonchev–Trinajstić information content (AvgIpc) is 2.33. The molecule has 0 saturated heterocycles. The summed E-state index contributed by atoms with van der Waals surface area (Å²) in [6.07, 6.45) is 2.70. The van der Waals surface area contributed by atoms with Crippen molar-refractivity contribution < 1.29 is 9.84 Å². The molecule has 0 aliphatic rings. The predicted octanol–water partition coefficient (Wildman–Crippen LogP) is 1.39. The maximum absolute atomic E-state index is 8.55. The summed E-state index contributed by atoms with van der Waals surface area (Å²) in [6, 6.07) is 7.73. The highest BCUT2D eigenvalue weighted by Crippen LogP contribution is 2.12. The lowest BCUT2D eigenvalue weighted by atomic mass is 10.2. The van der Waals surface area contributed by atoms with E-state index in [1.807, 2.05) is 24.3 Å². The molecule has 4 nitrogen and oxygen atoms in total. The molecule has 0 fully saturated rings. The summed E-state index contributed by atoms with van der Waals surface area (Å²) in [5, 5.41) is 12.5. The highest BCUT2D eigenvalue weighted by Gasteiger charge is 1.93. The van der Waals surface area contributed by atoms with Crippen molar-refractivity contribution >= 4 is 6.21 Å². The van der Waals surface area contributed by atoms with Gasteiger partial charge in [0, 0.05) is 0 Å². The normalized spacial score (nSPS) is 10.6. The minimum Gasteiger partial charge on any atom is -0.494 e. The smallest absolute Gasteiger partial charge is 0.119 e. The predicted molar refractivity (Wildman–Crippen MR) is 64.9 cm³/mol. The lowest BCUT2D eigenvalue weighted by Crippen LogP contribution is -2.11. The molecule has 1 rings (SSSR count). The van der Waals surface area contributed by atoms with Gasteiger partial charge in [-0.2, -0.15) is 5.10 Å². The zero-order valence-electron chi connectivity index (χ0n) is 9.52. The Labute approximate surface area is 95.9 Å². The van der Waals surface area contributed by atoms with Crippen molar-refractivity contribution in [2.24, 2.45) is 5.10 Å². The third-order valence-electron chi connectivity index (χ3n) is 1.86. The van der Waals surface area contributed by atoms with Crippen LogP contribution in [0.2, 0.25) is 0 Å². The van der Waals surface area contributed by atoms with Gasteiger partial charge in [-0.1, -0.05) is 19.1 Å². The van der Waals surface area contributed by atoms with Crippen LogP contribution in [0.3, 0.4) is 0 Å². The fourth-order valence-corrected chi connectivity index (χ4v) is 1.14. The van der Waals surface area contributed by atoms with E-state index < -0.39 is 0 Å². The number of aliphatic hydroxyl groups is 1. The summed E-state index contributed by atoms with van der Waals surface area (Å²) in [6.45, 7) is 3.34. The molecular formula is C12H18N2O2. The number of hydrogen-bond donors (Lipinski definition) is 2. The average molecular weight is 222 g/mol. The first kappa shape index (κ1) is 12.5. The van der Waals surface area contributed by atoms with Crippen LogP contribution in [0, 0.1) is 0 Å². The SMILES string of the molecule is CCCOc1cccc(C=NNCCO)c1. The molecule has 0 radical (unpaired) electrons. The van der Waals surface area contributed by atoms with Crippen molar-refractivity contribution in [1.29, 1.82) is 0 Å². The first-order chi connectivity index (χ1) is 7.86. The molecule has 0 amide bonds. The quantitative estimate of drug-likeness (QED) is 0.416. The third-order valence-corrected chi connectivity index (χ3v) is 1.86. The topological polar surface area (TPSA) is 53.8 Å². The Morgan fingerprint density at radius 3 is 3.12 bits per heavy atom. The Kier molecular flexibility index (Phi) is 6.03. The van der Waals surface area contributed by atoms with Crippen LogP contribution in [-0.2, 0) is 0 Å². The molecule has 1 aromatic carbocycles. The van der Waals surface area contributed by atoms with E-state index >= 15 is 0 Å². The summed E-state index contributed by atoms with van der Waals surface area (Å²) in [5.74, 6) is 0.855. The van der Waals surface area contributed by atoms with Crippen molar-refractivity contribution in [2.45, 2.75) is 13.3 Å². The van der Waals surface area contributed by atoms with Crippen molar-refractivity contribution in [1.82, 2.24) is 5.43 Å². The third kappa shape index (κ3) is 4.79. The number of rotatable bonds is 7. The first-order valence-electron chi connectivity index (χ1n) is 5.46. The van der Waals surface area contributed by atoms with E-state index in [0.29, 0.717) is 6.54 Å². The molecule has 0 aromatic heterocycles. The second kappa shape index (κ2) is 7.70. The fourth-order valence-electron chi connectivity index (χ4n) is 1.14. The maximum atomic E-state index is 8.55. The molecule has 16 heavy (non-hydrogen) atoms. The molecule has 0 heterocycles. The Bertz CT molecular complexity index is 327. The largest absolute Gasteiger partial charge is 0.494 e. The van der Waals surface area contributed by atoms with Crippen LogP contribution in [0.4, 0.5) is 0 Å². The number of nitrogens with zero attached hydrogens (tertiary/aromatic N) is 1. The van der Waals surface area contributed by atoms with Crippen LogP contribution in [0.25, 0.3) is 0 Å². The van der Waals surface area contributed by atoms with Gasteiger partial charge in [0.05, 0.1) is 26.0 Å². The van der Waals surface area contributed by atoms with Crippen LogP contribution < -0.4 is 10.2 Å². The monoisotopic (exact) mass is 222 g/mol. The van der Waals surface area contributed by atoms with Gasteiger partial charge in [-0.25, -0.2) is 0 Å². The lowest BCUT2D eigenvalue weighted by molar-refractivity contribution is 0.294. The van der Waals surface area contributed by atoms with Gasteiger partial charge < -0.3 is 15.3 Å².